The molecule has 1 aliphatic heterocycles. The molecule has 6 nitrogen and oxygen atoms in total. The summed E-state index contributed by atoms with van der Waals surface area (Å²) in [5.41, 5.74) is 5.76. The van der Waals surface area contributed by atoms with Crippen LogP contribution in [0.1, 0.15) is 20.8 Å². The number of carbonyl (C=O) groups excluding carboxylic acids is 1. The highest BCUT2D eigenvalue weighted by Gasteiger charge is 2.35. The van der Waals surface area contributed by atoms with Crippen LogP contribution in [0.3, 0.4) is 0 Å². The topological polar surface area (TPSA) is 80.0 Å². The van der Waals surface area contributed by atoms with Crippen LogP contribution in [-0.4, -0.2) is 50.1 Å². The Balaban J connectivity index is 0.00000312. The fourth-order valence-electron chi connectivity index (χ4n) is 2.40. The molecule has 1 aromatic rings. The predicted molar refractivity (Wildman–Crippen MR) is 97.0 cm³/mol. The van der Waals surface area contributed by atoms with Crippen LogP contribution in [0.15, 0.2) is 30.3 Å². The summed E-state index contributed by atoms with van der Waals surface area (Å²) in [6.45, 7) is 6.89. The van der Waals surface area contributed by atoms with Crippen molar-refractivity contribution in [2.45, 2.75) is 45.1 Å². The molecular formula is C18H28ClNO5. The Labute approximate surface area is 155 Å². The van der Waals surface area contributed by atoms with E-state index in [0.717, 1.165) is 0 Å². The van der Waals surface area contributed by atoms with Crippen molar-refractivity contribution >= 4 is 18.4 Å². The number of benzene rings is 1. The first-order valence-electron chi connectivity index (χ1n) is 8.34. The highest BCUT2D eigenvalue weighted by molar-refractivity contribution is 5.85. The number of hydrogen-bond acceptors (Lipinski definition) is 6. The average molecular weight is 374 g/mol. The Morgan fingerprint density at radius 2 is 1.92 bits per heavy atom. The summed E-state index contributed by atoms with van der Waals surface area (Å²) >= 11 is 0. The molecule has 7 heteroatoms. The van der Waals surface area contributed by atoms with Crippen molar-refractivity contribution in [1.29, 1.82) is 0 Å². The second-order valence-corrected chi connectivity index (χ2v) is 6.45. The van der Waals surface area contributed by atoms with E-state index in [4.69, 9.17) is 24.7 Å². The van der Waals surface area contributed by atoms with Gasteiger partial charge >= 0.3 is 5.97 Å². The number of ether oxygens (including phenoxy) is 4. The van der Waals surface area contributed by atoms with Crippen molar-refractivity contribution in [3.63, 3.8) is 0 Å². The first-order valence-corrected chi connectivity index (χ1v) is 8.34. The molecule has 1 aromatic carbocycles. The van der Waals surface area contributed by atoms with Crippen LogP contribution in [0.5, 0.6) is 5.75 Å². The van der Waals surface area contributed by atoms with Crippen LogP contribution in [0.4, 0.5) is 0 Å². The predicted octanol–water partition coefficient (Wildman–Crippen LogP) is 2.19. The number of para-hydroxylation sites is 1. The van der Waals surface area contributed by atoms with Crippen LogP contribution in [0, 0.1) is 5.92 Å². The van der Waals surface area contributed by atoms with Crippen molar-refractivity contribution in [3.05, 3.63) is 30.3 Å². The number of carbonyl (C=O) groups is 1. The van der Waals surface area contributed by atoms with Gasteiger partial charge in [0.05, 0.1) is 13.2 Å². The zero-order chi connectivity index (χ0) is 17.5. The van der Waals surface area contributed by atoms with E-state index >= 15 is 0 Å². The SMILES string of the molecule is CC(C)CO[C@H]1COC[C@H](N)C(=O)O[C@@H](C)[C@@H]1Oc1ccccc1.Cl. The molecule has 1 saturated heterocycles. The molecular weight excluding hydrogens is 346 g/mol. The molecule has 142 valence electrons. The zero-order valence-electron chi connectivity index (χ0n) is 14.9. The molecule has 0 saturated carbocycles. The third kappa shape index (κ3) is 6.82. The lowest BCUT2D eigenvalue weighted by Gasteiger charge is -2.31. The second kappa shape index (κ2) is 10.6. The molecule has 0 aliphatic carbocycles. The number of cyclic esters (lactones) is 1. The van der Waals surface area contributed by atoms with Gasteiger partial charge < -0.3 is 24.7 Å². The number of halogens is 1. The van der Waals surface area contributed by atoms with Gasteiger partial charge in [0, 0.05) is 6.61 Å². The van der Waals surface area contributed by atoms with Gasteiger partial charge in [-0.3, -0.25) is 4.79 Å². The summed E-state index contributed by atoms with van der Waals surface area (Å²) in [7, 11) is 0. The lowest BCUT2D eigenvalue weighted by atomic mass is 10.1. The molecule has 1 heterocycles. The molecule has 0 spiro atoms. The van der Waals surface area contributed by atoms with Gasteiger partial charge in [-0.15, -0.1) is 12.4 Å². The summed E-state index contributed by atoms with van der Waals surface area (Å²) < 4.78 is 23.1. The Morgan fingerprint density at radius 3 is 2.56 bits per heavy atom. The van der Waals surface area contributed by atoms with Gasteiger partial charge in [0.2, 0.25) is 0 Å². The van der Waals surface area contributed by atoms with E-state index in [1.54, 1.807) is 6.92 Å². The Hall–Kier alpha value is -1.34. The van der Waals surface area contributed by atoms with E-state index in [-0.39, 0.29) is 25.1 Å². The summed E-state index contributed by atoms with van der Waals surface area (Å²) in [4.78, 5) is 12.0. The molecule has 2 rings (SSSR count). The quantitative estimate of drug-likeness (QED) is 0.797. The highest BCUT2D eigenvalue weighted by Crippen LogP contribution is 2.20. The maximum Gasteiger partial charge on any atom is 0.325 e. The maximum atomic E-state index is 12.0. The maximum absolute atomic E-state index is 12.0. The third-order valence-electron chi connectivity index (χ3n) is 3.67. The van der Waals surface area contributed by atoms with Crippen LogP contribution in [-0.2, 0) is 19.0 Å². The van der Waals surface area contributed by atoms with Crippen molar-refractivity contribution in [2.24, 2.45) is 11.7 Å². The number of esters is 1. The lowest BCUT2D eigenvalue weighted by molar-refractivity contribution is -0.158. The monoisotopic (exact) mass is 373 g/mol. The summed E-state index contributed by atoms with van der Waals surface area (Å²) in [5, 5.41) is 0. The van der Waals surface area contributed by atoms with E-state index in [9.17, 15) is 4.79 Å². The minimum Gasteiger partial charge on any atom is -0.484 e. The Kier molecular flexibility index (Phi) is 9.21. The molecule has 0 bridgehead atoms. The van der Waals surface area contributed by atoms with E-state index in [1.807, 2.05) is 30.3 Å². The molecule has 4 atom stereocenters. The van der Waals surface area contributed by atoms with Crippen LogP contribution in [0.2, 0.25) is 0 Å². The molecule has 1 aliphatic rings. The van der Waals surface area contributed by atoms with Gasteiger partial charge in [-0.25, -0.2) is 0 Å². The summed E-state index contributed by atoms with van der Waals surface area (Å²) in [5.74, 6) is 0.566. The molecule has 0 amide bonds. The lowest BCUT2D eigenvalue weighted by Crippen LogP contribution is -2.46. The van der Waals surface area contributed by atoms with Gasteiger partial charge in [-0.05, 0) is 25.0 Å². The molecule has 0 aromatic heterocycles. The Bertz CT molecular complexity index is 513. The standard InChI is InChI=1S/C18H27NO5.ClH/c1-12(2)9-22-16-11-21-10-15(19)18(20)23-13(3)17(16)24-14-7-5-4-6-8-14;/h4-8,12-13,15-17H,9-11,19H2,1-3H3;1H/t13-,15-,16-,17-;/m0./s1. The summed E-state index contributed by atoms with van der Waals surface area (Å²) in [6, 6.07) is 8.60. The molecule has 2 N–H and O–H groups in total. The number of nitrogens with two attached hydrogens (primary N) is 1. The minimum atomic E-state index is -0.798. The molecule has 25 heavy (non-hydrogen) atoms. The fraction of sp³-hybridized carbons (Fsp3) is 0.611. The number of hydrogen-bond donors (Lipinski definition) is 1. The van der Waals surface area contributed by atoms with Crippen LogP contribution < -0.4 is 10.5 Å². The summed E-state index contributed by atoms with van der Waals surface area (Å²) in [6.07, 6.45) is -1.36. The van der Waals surface area contributed by atoms with Crippen molar-refractivity contribution < 1.29 is 23.7 Å². The average Bonchev–Trinajstić information content (AvgIpc) is 2.60. The normalized spacial score (nSPS) is 27.5. The first-order chi connectivity index (χ1) is 11.5. The van der Waals surface area contributed by atoms with Gasteiger partial charge in [-0.1, -0.05) is 32.0 Å². The van der Waals surface area contributed by atoms with E-state index in [0.29, 0.717) is 24.9 Å². The molecule has 0 unspecified atom stereocenters. The van der Waals surface area contributed by atoms with Crippen LogP contribution >= 0.6 is 12.4 Å². The van der Waals surface area contributed by atoms with Crippen molar-refractivity contribution in [3.8, 4) is 5.75 Å². The van der Waals surface area contributed by atoms with E-state index in [1.165, 1.54) is 0 Å². The fourth-order valence-corrected chi connectivity index (χ4v) is 2.40. The van der Waals surface area contributed by atoms with Crippen molar-refractivity contribution in [2.75, 3.05) is 19.8 Å². The second-order valence-electron chi connectivity index (χ2n) is 6.45. The zero-order valence-corrected chi connectivity index (χ0v) is 15.7. The number of rotatable bonds is 5. The third-order valence-corrected chi connectivity index (χ3v) is 3.67. The smallest absolute Gasteiger partial charge is 0.325 e. The molecule has 1 fully saturated rings. The van der Waals surface area contributed by atoms with E-state index < -0.39 is 24.2 Å². The minimum absolute atomic E-state index is 0. The van der Waals surface area contributed by atoms with Gasteiger partial charge in [0.25, 0.3) is 0 Å². The highest BCUT2D eigenvalue weighted by atomic mass is 35.5. The largest absolute Gasteiger partial charge is 0.484 e. The van der Waals surface area contributed by atoms with E-state index in [2.05, 4.69) is 13.8 Å². The van der Waals surface area contributed by atoms with Crippen LogP contribution in [0.25, 0.3) is 0 Å². The van der Waals surface area contributed by atoms with Gasteiger partial charge in [0.15, 0.2) is 6.10 Å². The Morgan fingerprint density at radius 1 is 1.24 bits per heavy atom. The van der Waals surface area contributed by atoms with Gasteiger partial charge in [-0.2, -0.15) is 0 Å². The van der Waals surface area contributed by atoms with Gasteiger partial charge in [0.1, 0.15) is 24.0 Å². The molecule has 0 radical (unpaired) electrons. The first kappa shape index (κ1) is 21.7. The van der Waals surface area contributed by atoms with Crippen molar-refractivity contribution in [1.82, 2.24) is 0 Å².